The molecular weight excluding hydrogens is 434 g/mol. The molecule has 1 aromatic heterocycles. The second-order valence-corrected chi connectivity index (χ2v) is 10.1. The molecule has 10 heteroatoms. The first-order valence-corrected chi connectivity index (χ1v) is 12.3. The van der Waals surface area contributed by atoms with Gasteiger partial charge in [-0.05, 0) is 45.0 Å². The summed E-state index contributed by atoms with van der Waals surface area (Å²) in [4.78, 5) is 35.8. The highest BCUT2D eigenvalue weighted by molar-refractivity contribution is 8.01. The molecule has 0 saturated carbocycles. The van der Waals surface area contributed by atoms with E-state index in [1.807, 2.05) is 17.2 Å². The summed E-state index contributed by atoms with van der Waals surface area (Å²) in [5, 5.41) is 13.5. The smallest absolute Gasteiger partial charge is 0.284 e. The van der Waals surface area contributed by atoms with Crippen molar-refractivity contribution in [2.75, 3.05) is 52.4 Å². The number of hydrogen-bond acceptors (Lipinski definition) is 8. The van der Waals surface area contributed by atoms with E-state index in [0.717, 1.165) is 36.2 Å². The van der Waals surface area contributed by atoms with Crippen molar-refractivity contribution in [1.82, 2.24) is 19.7 Å². The first-order chi connectivity index (χ1) is 15.0. The number of amides is 1. The minimum Gasteiger partial charge on any atom is -0.336 e. The average Bonchev–Trinajstić information content (AvgIpc) is 3.44. The highest BCUT2D eigenvalue weighted by atomic mass is 32.2. The zero-order valence-electron chi connectivity index (χ0n) is 17.7. The van der Waals surface area contributed by atoms with Crippen LogP contribution in [0.2, 0.25) is 0 Å². The van der Waals surface area contributed by atoms with Crippen molar-refractivity contribution in [3.8, 4) is 0 Å². The number of piperazine rings is 1. The van der Waals surface area contributed by atoms with Gasteiger partial charge in [-0.25, -0.2) is 4.98 Å². The number of aromatic nitrogens is 1. The number of nitro benzene ring substituents is 1. The third-order valence-electron chi connectivity index (χ3n) is 5.79. The minimum absolute atomic E-state index is 0.0482. The Bertz CT molecular complexity index is 937. The molecule has 2 saturated heterocycles. The van der Waals surface area contributed by atoms with E-state index < -0.39 is 4.92 Å². The minimum atomic E-state index is -0.421. The van der Waals surface area contributed by atoms with Crippen LogP contribution in [0.4, 0.5) is 5.69 Å². The van der Waals surface area contributed by atoms with Crippen molar-refractivity contribution < 1.29 is 9.72 Å². The van der Waals surface area contributed by atoms with Gasteiger partial charge in [0.15, 0.2) is 4.34 Å². The second kappa shape index (κ2) is 10.1. The molecule has 0 atom stereocenters. The van der Waals surface area contributed by atoms with E-state index in [0.29, 0.717) is 23.5 Å². The Morgan fingerprint density at radius 3 is 2.42 bits per heavy atom. The summed E-state index contributed by atoms with van der Waals surface area (Å²) >= 11 is 2.72. The monoisotopic (exact) mass is 461 g/mol. The number of nitrogens with zero attached hydrogens (tertiary/aromatic N) is 5. The third kappa shape index (κ3) is 5.62. The van der Waals surface area contributed by atoms with E-state index in [1.54, 1.807) is 12.1 Å². The number of rotatable bonds is 7. The van der Waals surface area contributed by atoms with Crippen molar-refractivity contribution in [2.45, 2.75) is 29.0 Å². The fourth-order valence-electron chi connectivity index (χ4n) is 4.00. The molecule has 4 rings (SSSR count). The zero-order chi connectivity index (χ0) is 21.8. The van der Waals surface area contributed by atoms with Gasteiger partial charge in [0.05, 0.1) is 9.82 Å². The predicted molar refractivity (Wildman–Crippen MR) is 122 cm³/mol. The Morgan fingerprint density at radius 1 is 1.13 bits per heavy atom. The highest BCUT2D eigenvalue weighted by Crippen LogP contribution is 2.37. The molecule has 8 nitrogen and oxygen atoms in total. The van der Waals surface area contributed by atoms with E-state index in [-0.39, 0.29) is 11.6 Å². The third-order valence-corrected chi connectivity index (χ3v) is 7.91. The van der Waals surface area contributed by atoms with E-state index in [4.69, 9.17) is 0 Å². The highest BCUT2D eigenvalue weighted by Gasteiger charge is 2.25. The molecule has 3 heterocycles. The van der Waals surface area contributed by atoms with Gasteiger partial charge >= 0.3 is 0 Å². The predicted octanol–water partition coefficient (Wildman–Crippen LogP) is 3.36. The van der Waals surface area contributed by atoms with E-state index in [9.17, 15) is 14.9 Å². The molecule has 0 N–H and O–H groups in total. The quantitative estimate of drug-likeness (QED) is 0.462. The molecule has 0 spiro atoms. The number of carbonyl (C=O) groups excluding carboxylic acids is 1. The van der Waals surface area contributed by atoms with Gasteiger partial charge in [0, 0.05) is 62.0 Å². The summed E-state index contributed by atoms with van der Waals surface area (Å²) in [7, 11) is 0. The molecule has 1 aromatic carbocycles. The lowest BCUT2D eigenvalue weighted by Gasteiger charge is -2.35. The van der Waals surface area contributed by atoms with E-state index in [1.165, 1.54) is 55.1 Å². The first kappa shape index (κ1) is 22.2. The van der Waals surface area contributed by atoms with Crippen LogP contribution >= 0.6 is 23.1 Å². The van der Waals surface area contributed by atoms with Crippen LogP contribution in [-0.4, -0.2) is 82.9 Å². The fraction of sp³-hybridized carbons (Fsp3) is 0.524. The van der Waals surface area contributed by atoms with Gasteiger partial charge in [-0.3, -0.25) is 19.8 Å². The number of nitro groups is 1. The molecule has 2 aliphatic rings. The standard InChI is InChI=1S/C21H27N5O3S2/c1-16-15-30-21(22-16)31-19-5-4-17(14-18(19)26(28)29)20(27)25-12-10-24(11-13-25)9-8-23-6-2-3-7-23/h4-5,14-15H,2-3,6-13H2,1H3. The molecule has 2 fully saturated rings. The van der Waals surface area contributed by atoms with Crippen LogP contribution in [0, 0.1) is 17.0 Å². The second-order valence-electron chi connectivity index (χ2n) is 7.98. The normalized spacial score (nSPS) is 17.9. The van der Waals surface area contributed by atoms with Crippen LogP contribution < -0.4 is 0 Å². The van der Waals surface area contributed by atoms with Crippen LogP contribution in [0.15, 0.2) is 32.8 Å². The van der Waals surface area contributed by atoms with E-state index >= 15 is 0 Å². The van der Waals surface area contributed by atoms with Gasteiger partial charge in [-0.1, -0.05) is 11.8 Å². The summed E-state index contributed by atoms with van der Waals surface area (Å²) in [5.74, 6) is -0.135. The van der Waals surface area contributed by atoms with Crippen LogP contribution in [0.25, 0.3) is 0 Å². The summed E-state index contributed by atoms with van der Waals surface area (Å²) in [6.45, 7) is 9.43. The topological polar surface area (TPSA) is 82.8 Å². The maximum atomic E-state index is 13.0. The summed E-state index contributed by atoms with van der Waals surface area (Å²) in [5.41, 5.74) is 1.21. The molecule has 0 unspecified atom stereocenters. The number of hydrogen-bond donors (Lipinski definition) is 0. The number of benzene rings is 1. The molecule has 2 aromatic rings. The van der Waals surface area contributed by atoms with Gasteiger partial charge in [0.1, 0.15) is 0 Å². The molecule has 31 heavy (non-hydrogen) atoms. The molecule has 2 aliphatic heterocycles. The Labute approximate surface area is 190 Å². The van der Waals surface area contributed by atoms with Crippen molar-refractivity contribution in [2.24, 2.45) is 0 Å². The number of aryl methyl sites for hydroxylation is 1. The lowest BCUT2D eigenvalue weighted by Crippen LogP contribution is -2.50. The maximum Gasteiger partial charge on any atom is 0.284 e. The largest absolute Gasteiger partial charge is 0.336 e. The average molecular weight is 462 g/mol. The Balaban J connectivity index is 1.36. The van der Waals surface area contributed by atoms with Gasteiger partial charge in [0.25, 0.3) is 11.6 Å². The van der Waals surface area contributed by atoms with Crippen LogP contribution in [0.1, 0.15) is 28.9 Å². The molecule has 0 radical (unpaired) electrons. The molecule has 0 aliphatic carbocycles. The lowest BCUT2D eigenvalue weighted by atomic mass is 10.1. The summed E-state index contributed by atoms with van der Waals surface area (Å²) in [6.07, 6.45) is 2.60. The number of thiazole rings is 1. The van der Waals surface area contributed by atoms with Crippen LogP contribution in [0.5, 0.6) is 0 Å². The summed E-state index contributed by atoms with van der Waals surface area (Å²) in [6, 6.07) is 4.77. The van der Waals surface area contributed by atoms with Crippen molar-refractivity contribution >= 4 is 34.7 Å². The van der Waals surface area contributed by atoms with Crippen molar-refractivity contribution in [3.63, 3.8) is 0 Å². The molecule has 1 amide bonds. The molecule has 166 valence electrons. The SMILES string of the molecule is Cc1csc(Sc2ccc(C(=O)N3CCN(CCN4CCCC4)CC3)cc2[N+](=O)[O-])n1. The zero-order valence-corrected chi connectivity index (χ0v) is 19.3. The van der Waals surface area contributed by atoms with Crippen molar-refractivity contribution in [3.05, 3.63) is 45.0 Å². The number of likely N-dealkylation sites (tertiary alicyclic amines) is 1. The Morgan fingerprint density at radius 2 is 1.81 bits per heavy atom. The lowest BCUT2D eigenvalue weighted by molar-refractivity contribution is -0.387. The molecular formula is C21H27N5O3S2. The van der Waals surface area contributed by atoms with Crippen molar-refractivity contribution in [1.29, 1.82) is 0 Å². The van der Waals surface area contributed by atoms with Crippen LogP contribution in [-0.2, 0) is 0 Å². The van der Waals surface area contributed by atoms with Gasteiger partial charge in [0.2, 0.25) is 0 Å². The maximum absolute atomic E-state index is 13.0. The Kier molecular flexibility index (Phi) is 7.21. The first-order valence-electron chi connectivity index (χ1n) is 10.6. The van der Waals surface area contributed by atoms with Crippen LogP contribution in [0.3, 0.4) is 0 Å². The Hall–Kier alpha value is -2.01. The number of carbonyl (C=O) groups is 1. The van der Waals surface area contributed by atoms with Gasteiger partial charge < -0.3 is 9.80 Å². The van der Waals surface area contributed by atoms with E-state index in [2.05, 4.69) is 14.8 Å². The van der Waals surface area contributed by atoms with Gasteiger partial charge in [-0.2, -0.15) is 0 Å². The summed E-state index contributed by atoms with van der Waals surface area (Å²) < 4.78 is 0.754. The fourth-order valence-corrected chi connectivity index (χ4v) is 5.88. The molecule has 0 bridgehead atoms. The van der Waals surface area contributed by atoms with Gasteiger partial charge in [-0.15, -0.1) is 11.3 Å².